The highest BCUT2D eigenvalue weighted by molar-refractivity contribution is 5.84. The molecule has 2 aliphatic rings. The second-order valence-electron chi connectivity index (χ2n) is 5.94. The SMILES string of the molecule is CCOC(=O)[C@@H]1C2C=CC(C2)N1C(=O)OC(C)(C)C. The average molecular weight is 267 g/mol. The van der Waals surface area contributed by atoms with E-state index in [1.54, 1.807) is 6.92 Å². The lowest BCUT2D eigenvalue weighted by Crippen LogP contribution is -2.49. The molecule has 1 aliphatic carbocycles. The van der Waals surface area contributed by atoms with Crippen molar-refractivity contribution in [3.05, 3.63) is 12.2 Å². The Hall–Kier alpha value is -1.52. The molecule has 0 spiro atoms. The van der Waals surface area contributed by atoms with Gasteiger partial charge >= 0.3 is 12.1 Å². The predicted molar refractivity (Wildman–Crippen MR) is 69.5 cm³/mol. The third kappa shape index (κ3) is 2.74. The van der Waals surface area contributed by atoms with Crippen LogP contribution in [0, 0.1) is 5.92 Å². The van der Waals surface area contributed by atoms with Crippen LogP contribution in [0.15, 0.2) is 12.2 Å². The van der Waals surface area contributed by atoms with Gasteiger partial charge < -0.3 is 9.47 Å². The van der Waals surface area contributed by atoms with Gasteiger partial charge in [0.05, 0.1) is 12.6 Å². The number of esters is 1. The van der Waals surface area contributed by atoms with Crippen molar-refractivity contribution in [1.29, 1.82) is 0 Å². The molecule has 2 unspecified atom stereocenters. The van der Waals surface area contributed by atoms with E-state index in [2.05, 4.69) is 0 Å². The number of carbonyl (C=O) groups is 2. The molecule has 1 aliphatic heterocycles. The number of rotatable bonds is 2. The van der Waals surface area contributed by atoms with Gasteiger partial charge in [-0.1, -0.05) is 12.2 Å². The number of likely N-dealkylation sites (tertiary alicyclic amines) is 1. The summed E-state index contributed by atoms with van der Waals surface area (Å²) in [5, 5.41) is 0. The zero-order chi connectivity index (χ0) is 14.2. The lowest BCUT2D eigenvalue weighted by Gasteiger charge is -2.32. The van der Waals surface area contributed by atoms with E-state index in [1.165, 1.54) is 4.90 Å². The van der Waals surface area contributed by atoms with Gasteiger partial charge in [0.1, 0.15) is 11.6 Å². The highest BCUT2D eigenvalue weighted by Gasteiger charge is 2.50. The summed E-state index contributed by atoms with van der Waals surface area (Å²) in [4.78, 5) is 25.8. The molecule has 5 heteroatoms. The first-order valence-electron chi connectivity index (χ1n) is 6.69. The van der Waals surface area contributed by atoms with Gasteiger partial charge in [-0.2, -0.15) is 0 Å². The first-order chi connectivity index (χ1) is 8.83. The van der Waals surface area contributed by atoms with Gasteiger partial charge in [-0.15, -0.1) is 0 Å². The van der Waals surface area contributed by atoms with E-state index in [1.807, 2.05) is 32.9 Å². The summed E-state index contributed by atoms with van der Waals surface area (Å²) in [6, 6.07) is -0.584. The van der Waals surface area contributed by atoms with Crippen molar-refractivity contribution in [3.8, 4) is 0 Å². The summed E-state index contributed by atoms with van der Waals surface area (Å²) >= 11 is 0. The highest BCUT2D eigenvalue weighted by Crippen LogP contribution is 2.38. The molecule has 0 saturated carbocycles. The van der Waals surface area contributed by atoms with E-state index in [9.17, 15) is 9.59 Å². The van der Waals surface area contributed by atoms with E-state index in [4.69, 9.17) is 9.47 Å². The summed E-state index contributed by atoms with van der Waals surface area (Å²) < 4.78 is 10.4. The van der Waals surface area contributed by atoms with Gasteiger partial charge in [-0.05, 0) is 34.1 Å². The Labute approximate surface area is 113 Å². The van der Waals surface area contributed by atoms with Crippen molar-refractivity contribution in [3.63, 3.8) is 0 Å². The molecule has 2 bridgehead atoms. The molecule has 1 saturated heterocycles. The second kappa shape index (κ2) is 4.87. The largest absolute Gasteiger partial charge is 0.464 e. The third-order valence-electron chi connectivity index (χ3n) is 3.29. The molecule has 1 amide bonds. The smallest absolute Gasteiger partial charge is 0.411 e. The fourth-order valence-corrected chi connectivity index (χ4v) is 2.64. The predicted octanol–water partition coefficient (Wildman–Crippen LogP) is 2.11. The maximum atomic E-state index is 12.2. The van der Waals surface area contributed by atoms with Gasteiger partial charge in [0, 0.05) is 5.92 Å². The Morgan fingerprint density at radius 3 is 2.58 bits per heavy atom. The molecule has 5 nitrogen and oxygen atoms in total. The van der Waals surface area contributed by atoms with Crippen LogP contribution >= 0.6 is 0 Å². The molecular weight excluding hydrogens is 246 g/mol. The van der Waals surface area contributed by atoms with Crippen LogP contribution in [0.1, 0.15) is 34.1 Å². The first kappa shape index (κ1) is 13.9. The molecule has 2 rings (SSSR count). The van der Waals surface area contributed by atoms with E-state index in [-0.39, 0.29) is 17.9 Å². The molecular formula is C14H21NO4. The van der Waals surface area contributed by atoms with Crippen LogP contribution in [0.2, 0.25) is 0 Å². The Bertz CT molecular complexity index is 410. The monoisotopic (exact) mass is 267 g/mol. The van der Waals surface area contributed by atoms with Crippen molar-refractivity contribution in [1.82, 2.24) is 4.90 Å². The molecule has 0 aromatic carbocycles. The summed E-state index contributed by atoms with van der Waals surface area (Å²) in [5.74, 6) is -0.290. The van der Waals surface area contributed by atoms with Crippen molar-refractivity contribution in [2.75, 3.05) is 6.61 Å². The Kier molecular flexibility index (Phi) is 3.56. The molecule has 0 radical (unpaired) electrons. The molecule has 1 fully saturated rings. The number of nitrogens with zero attached hydrogens (tertiary/aromatic N) is 1. The fourth-order valence-electron chi connectivity index (χ4n) is 2.64. The standard InChI is InChI=1S/C14H21NO4/c1-5-18-12(16)11-9-6-7-10(8-9)15(11)13(17)19-14(2,3)4/h6-7,9-11H,5,8H2,1-4H3/t9?,10?,11-/m0/s1. The van der Waals surface area contributed by atoms with Gasteiger partial charge in [-0.3, -0.25) is 4.90 Å². The quantitative estimate of drug-likeness (QED) is 0.568. The molecule has 0 N–H and O–H groups in total. The van der Waals surface area contributed by atoms with Crippen molar-refractivity contribution < 1.29 is 19.1 Å². The summed E-state index contributed by atoms with van der Waals surface area (Å²) in [6.07, 6.45) is 4.29. The number of hydrogen-bond acceptors (Lipinski definition) is 4. The minimum Gasteiger partial charge on any atom is -0.464 e. The van der Waals surface area contributed by atoms with Crippen LogP contribution in [0.5, 0.6) is 0 Å². The zero-order valence-corrected chi connectivity index (χ0v) is 11.9. The molecule has 1 heterocycles. The van der Waals surface area contributed by atoms with Crippen LogP contribution in [-0.4, -0.2) is 41.3 Å². The van der Waals surface area contributed by atoms with Crippen molar-refractivity contribution in [2.45, 2.75) is 51.8 Å². The van der Waals surface area contributed by atoms with Crippen molar-refractivity contribution in [2.24, 2.45) is 5.92 Å². The number of ether oxygens (including phenoxy) is 2. The van der Waals surface area contributed by atoms with Crippen LogP contribution in [0.3, 0.4) is 0 Å². The maximum absolute atomic E-state index is 12.2. The number of amides is 1. The van der Waals surface area contributed by atoms with Crippen LogP contribution in [-0.2, 0) is 14.3 Å². The Balaban J connectivity index is 2.15. The minimum atomic E-state index is -0.568. The number of hydrogen-bond donors (Lipinski definition) is 0. The normalized spacial score (nSPS) is 28.6. The fraction of sp³-hybridized carbons (Fsp3) is 0.714. The maximum Gasteiger partial charge on any atom is 0.411 e. The second-order valence-corrected chi connectivity index (χ2v) is 5.94. The van der Waals surface area contributed by atoms with Gasteiger partial charge in [0.25, 0.3) is 0 Å². The Morgan fingerprint density at radius 2 is 2.00 bits per heavy atom. The van der Waals surface area contributed by atoms with Gasteiger partial charge in [-0.25, -0.2) is 9.59 Å². The molecule has 0 aromatic rings. The topological polar surface area (TPSA) is 55.8 Å². The van der Waals surface area contributed by atoms with Gasteiger partial charge in [0.2, 0.25) is 0 Å². The molecule has 19 heavy (non-hydrogen) atoms. The van der Waals surface area contributed by atoms with Crippen LogP contribution in [0.4, 0.5) is 4.79 Å². The van der Waals surface area contributed by atoms with E-state index < -0.39 is 17.7 Å². The first-order valence-corrected chi connectivity index (χ1v) is 6.69. The Morgan fingerprint density at radius 1 is 1.32 bits per heavy atom. The van der Waals surface area contributed by atoms with Crippen LogP contribution in [0.25, 0.3) is 0 Å². The highest BCUT2D eigenvalue weighted by atomic mass is 16.6. The van der Waals surface area contributed by atoms with E-state index >= 15 is 0 Å². The molecule has 0 aromatic heterocycles. The minimum absolute atomic E-state index is 0.0470. The summed E-state index contributed by atoms with van der Waals surface area (Å²) in [7, 11) is 0. The summed E-state index contributed by atoms with van der Waals surface area (Å²) in [5.41, 5.74) is -0.568. The average Bonchev–Trinajstić information content (AvgIpc) is 2.85. The van der Waals surface area contributed by atoms with Gasteiger partial charge in [0.15, 0.2) is 0 Å². The number of carbonyl (C=O) groups excluding carboxylic acids is 2. The van der Waals surface area contributed by atoms with Crippen LogP contribution < -0.4 is 0 Å². The number of fused-ring (bicyclic) bond motifs is 2. The molecule has 3 atom stereocenters. The zero-order valence-electron chi connectivity index (χ0n) is 11.9. The third-order valence-corrected chi connectivity index (χ3v) is 3.29. The van der Waals surface area contributed by atoms with E-state index in [0.29, 0.717) is 6.61 Å². The van der Waals surface area contributed by atoms with Crippen molar-refractivity contribution >= 4 is 12.1 Å². The lowest BCUT2D eigenvalue weighted by atomic mass is 10.0. The summed E-state index contributed by atoms with van der Waals surface area (Å²) in [6.45, 7) is 7.52. The molecule has 106 valence electrons. The lowest BCUT2D eigenvalue weighted by molar-refractivity contribution is -0.149. The van der Waals surface area contributed by atoms with E-state index in [0.717, 1.165) is 6.42 Å².